The Balaban J connectivity index is 2.86. The van der Waals surface area contributed by atoms with Gasteiger partial charge in [-0.05, 0) is 13.0 Å². The molecule has 0 spiro atoms. The van der Waals surface area contributed by atoms with E-state index in [1.807, 2.05) is 0 Å². The van der Waals surface area contributed by atoms with Crippen LogP contribution in [-0.2, 0) is 11.2 Å². The molecule has 1 aromatic rings. The molecule has 0 fully saturated rings. The van der Waals surface area contributed by atoms with Crippen molar-refractivity contribution in [3.8, 4) is 0 Å². The Bertz CT molecular complexity index is 273. The van der Waals surface area contributed by atoms with Crippen molar-refractivity contribution in [1.29, 1.82) is 0 Å². The number of hydrogen-bond acceptors (Lipinski definition) is 2. The zero-order chi connectivity index (χ0) is 8.27. The molecule has 2 nitrogen and oxygen atoms in total. The number of rotatable bonds is 2. The second-order valence-corrected chi connectivity index (χ2v) is 2.33. The van der Waals surface area contributed by atoms with Gasteiger partial charge in [0.1, 0.15) is 5.78 Å². The average Bonchev–Trinajstić information content (AvgIpc) is 1.93. The first-order valence-corrected chi connectivity index (χ1v) is 3.29. The zero-order valence-electron chi connectivity index (χ0n) is 6.17. The van der Waals surface area contributed by atoms with Crippen LogP contribution in [0.15, 0.2) is 18.3 Å². The van der Waals surface area contributed by atoms with E-state index in [4.69, 9.17) is 0 Å². The fourth-order valence-corrected chi connectivity index (χ4v) is 0.819. The number of carbonyl (C=O) groups excluding carboxylic acids is 1. The summed E-state index contributed by atoms with van der Waals surface area (Å²) < 4.78 is 12.7. The summed E-state index contributed by atoms with van der Waals surface area (Å²) in [4.78, 5) is 14.0. The van der Waals surface area contributed by atoms with Crippen LogP contribution in [0.5, 0.6) is 0 Å². The number of halogens is 1. The molecule has 0 aliphatic rings. The Morgan fingerprint density at radius 1 is 1.73 bits per heavy atom. The predicted octanol–water partition coefficient (Wildman–Crippen LogP) is 1.35. The van der Waals surface area contributed by atoms with Gasteiger partial charge >= 0.3 is 0 Å². The largest absolute Gasteiger partial charge is 0.300 e. The molecule has 0 aliphatic heterocycles. The summed E-state index contributed by atoms with van der Waals surface area (Å²) in [6.45, 7) is 1.42. The minimum atomic E-state index is -0.553. The molecule has 1 rings (SSSR count). The standard InChI is InChI=1S/C8H8FNO/c1-6(11)5-7-3-2-4-10-8(7)9/h2-4H,5H2,1H3. The van der Waals surface area contributed by atoms with E-state index in [1.54, 1.807) is 12.1 Å². The lowest BCUT2D eigenvalue weighted by Gasteiger charge is -1.96. The van der Waals surface area contributed by atoms with Gasteiger partial charge in [0, 0.05) is 18.2 Å². The molecular weight excluding hydrogens is 145 g/mol. The average molecular weight is 153 g/mol. The zero-order valence-corrected chi connectivity index (χ0v) is 6.17. The van der Waals surface area contributed by atoms with Gasteiger partial charge in [-0.2, -0.15) is 4.39 Å². The van der Waals surface area contributed by atoms with Gasteiger partial charge in [-0.1, -0.05) is 6.07 Å². The van der Waals surface area contributed by atoms with Crippen molar-refractivity contribution >= 4 is 5.78 Å². The fourth-order valence-electron chi connectivity index (χ4n) is 0.819. The Morgan fingerprint density at radius 3 is 3.00 bits per heavy atom. The number of nitrogens with zero attached hydrogens (tertiary/aromatic N) is 1. The van der Waals surface area contributed by atoms with Crippen LogP contribution in [0.3, 0.4) is 0 Å². The SMILES string of the molecule is CC(=O)Cc1cccnc1F. The molecule has 0 radical (unpaired) electrons. The van der Waals surface area contributed by atoms with Crippen molar-refractivity contribution in [2.75, 3.05) is 0 Å². The van der Waals surface area contributed by atoms with Crippen LogP contribution in [-0.4, -0.2) is 10.8 Å². The first-order valence-electron chi connectivity index (χ1n) is 3.29. The lowest BCUT2D eigenvalue weighted by Crippen LogP contribution is -2.00. The molecule has 0 saturated carbocycles. The van der Waals surface area contributed by atoms with E-state index in [9.17, 15) is 9.18 Å². The van der Waals surface area contributed by atoms with E-state index in [0.717, 1.165) is 0 Å². The quantitative estimate of drug-likeness (QED) is 0.600. The second-order valence-electron chi connectivity index (χ2n) is 2.33. The Hall–Kier alpha value is -1.25. The van der Waals surface area contributed by atoms with Gasteiger partial charge in [0.15, 0.2) is 0 Å². The van der Waals surface area contributed by atoms with Gasteiger partial charge in [0.2, 0.25) is 5.95 Å². The van der Waals surface area contributed by atoms with Crippen LogP contribution in [0.2, 0.25) is 0 Å². The van der Waals surface area contributed by atoms with Gasteiger partial charge < -0.3 is 0 Å². The lowest BCUT2D eigenvalue weighted by atomic mass is 10.1. The van der Waals surface area contributed by atoms with Crippen molar-refractivity contribution in [2.45, 2.75) is 13.3 Å². The van der Waals surface area contributed by atoms with Crippen molar-refractivity contribution in [1.82, 2.24) is 4.98 Å². The summed E-state index contributed by atoms with van der Waals surface area (Å²) in [6, 6.07) is 3.17. The highest BCUT2D eigenvalue weighted by molar-refractivity contribution is 5.78. The molecule has 11 heavy (non-hydrogen) atoms. The van der Waals surface area contributed by atoms with Crippen LogP contribution in [0.4, 0.5) is 4.39 Å². The van der Waals surface area contributed by atoms with Gasteiger partial charge in [-0.25, -0.2) is 4.98 Å². The van der Waals surface area contributed by atoms with Crippen LogP contribution in [0, 0.1) is 5.95 Å². The topological polar surface area (TPSA) is 30.0 Å². The van der Waals surface area contributed by atoms with E-state index in [-0.39, 0.29) is 12.2 Å². The van der Waals surface area contributed by atoms with E-state index < -0.39 is 5.95 Å². The summed E-state index contributed by atoms with van der Waals surface area (Å²) in [5.41, 5.74) is 0.361. The molecule has 0 bridgehead atoms. The van der Waals surface area contributed by atoms with Crippen molar-refractivity contribution < 1.29 is 9.18 Å². The van der Waals surface area contributed by atoms with Crippen LogP contribution >= 0.6 is 0 Å². The fraction of sp³-hybridized carbons (Fsp3) is 0.250. The summed E-state index contributed by atoms with van der Waals surface area (Å²) in [5, 5.41) is 0. The maximum Gasteiger partial charge on any atom is 0.216 e. The third kappa shape index (κ3) is 2.11. The molecular formula is C8H8FNO. The molecule has 0 aromatic carbocycles. The van der Waals surface area contributed by atoms with Crippen LogP contribution in [0.25, 0.3) is 0 Å². The monoisotopic (exact) mass is 153 g/mol. The summed E-state index contributed by atoms with van der Waals surface area (Å²) in [5.74, 6) is -0.611. The molecule has 0 unspecified atom stereocenters. The normalized spacial score (nSPS) is 9.64. The predicted molar refractivity (Wildman–Crippen MR) is 38.6 cm³/mol. The Labute approximate surface area is 64.1 Å². The van der Waals surface area contributed by atoms with E-state index >= 15 is 0 Å². The highest BCUT2D eigenvalue weighted by atomic mass is 19.1. The third-order valence-corrected chi connectivity index (χ3v) is 1.28. The molecule has 0 amide bonds. The number of ketones is 1. The molecule has 0 atom stereocenters. The molecule has 0 N–H and O–H groups in total. The van der Waals surface area contributed by atoms with Crippen LogP contribution in [0.1, 0.15) is 12.5 Å². The Morgan fingerprint density at radius 2 is 2.45 bits per heavy atom. The molecule has 58 valence electrons. The molecule has 0 saturated heterocycles. The van der Waals surface area contributed by atoms with Gasteiger partial charge in [-0.3, -0.25) is 4.79 Å². The second kappa shape index (κ2) is 3.23. The highest BCUT2D eigenvalue weighted by Gasteiger charge is 2.03. The first-order chi connectivity index (χ1) is 5.20. The summed E-state index contributed by atoms with van der Waals surface area (Å²) >= 11 is 0. The maximum absolute atomic E-state index is 12.7. The summed E-state index contributed by atoms with van der Waals surface area (Å²) in [6.07, 6.45) is 1.48. The van der Waals surface area contributed by atoms with Gasteiger partial charge in [-0.15, -0.1) is 0 Å². The number of Topliss-reactive ketones (excluding diaryl/α,β-unsaturated/α-hetero) is 1. The molecule has 1 heterocycles. The van der Waals surface area contributed by atoms with Crippen molar-refractivity contribution in [2.24, 2.45) is 0 Å². The summed E-state index contributed by atoms with van der Waals surface area (Å²) in [7, 11) is 0. The van der Waals surface area contributed by atoms with Crippen molar-refractivity contribution in [3.63, 3.8) is 0 Å². The maximum atomic E-state index is 12.7. The number of hydrogen-bond donors (Lipinski definition) is 0. The number of carbonyl (C=O) groups is 1. The molecule has 3 heteroatoms. The third-order valence-electron chi connectivity index (χ3n) is 1.28. The van der Waals surface area contributed by atoms with E-state index in [2.05, 4.69) is 4.98 Å². The number of aromatic nitrogens is 1. The smallest absolute Gasteiger partial charge is 0.216 e. The number of pyridine rings is 1. The van der Waals surface area contributed by atoms with Gasteiger partial charge in [0.25, 0.3) is 0 Å². The van der Waals surface area contributed by atoms with Crippen LogP contribution < -0.4 is 0 Å². The van der Waals surface area contributed by atoms with E-state index in [1.165, 1.54) is 13.1 Å². The molecule has 1 aromatic heterocycles. The minimum Gasteiger partial charge on any atom is -0.300 e. The highest BCUT2D eigenvalue weighted by Crippen LogP contribution is 2.03. The van der Waals surface area contributed by atoms with Crippen molar-refractivity contribution in [3.05, 3.63) is 29.8 Å². The van der Waals surface area contributed by atoms with Gasteiger partial charge in [0.05, 0.1) is 0 Å². The van der Waals surface area contributed by atoms with E-state index in [0.29, 0.717) is 5.56 Å². The Kier molecular flexibility index (Phi) is 2.31. The first kappa shape index (κ1) is 7.85. The minimum absolute atomic E-state index is 0.0584. The lowest BCUT2D eigenvalue weighted by molar-refractivity contribution is -0.116. The molecule has 0 aliphatic carbocycles.